The van der Waals surface area contributed by atoms with Crippen LogP contribution in [-0.4, -0.2) is 27.9 Å². The maximum absolute atomic E-state index is 12.3. The molecule has 132 valence electrons. The molecular formula is C20H19N3O3. The quantitative estimate of drug-likeness (QED) is 0.714. The number of benzene rings is 2. The van der Waals surface area contributed by atoms with Crippen LogP contribution in [0.25, 0.3) is 11.0 Å². The molecule has 0 bridgehead atoms. The molecule has 6 nitrogen and oxygen atoms in total. The largest absolute Gasteiger partial charge is 0.449 e. The summed E-state index contributed by atoms with van der Waals surface area (Å²) in [5.41, 5.74) is 3.45. The Morgan fingerprint density at radius 1 is 1.04 bits per heavy atom. The van der Waals surface area contributed by atoms with Crippen molar-refractivity contribution >= 4 is 28.6 Å². The van der Waals surface area contributed by atoms with E-state index in [1.165, 1.54) is 12.5 Å². The molecule has 0 unspecified atom stereocenters. The van der Waals surface area contributed by atoms with Gasteiger partial charge in [0.05, 0.1) is 16.6 Å². The van der Waals surface area contributed by atoms with Crippen molar-refractivity contribution in [2.24, 2.45) is 0 Å². The van der Waals surface area contributed by atoms with Crippen LogP contribution in [0, 0.1) is 0 Å². The molecule has 3 rings (SSSR count). The van der Waals surface area contributed by atoms with E-state index in [0.29, 0.717) is 22.3 Å². The highest BCUT2D eigenvalue weighted by Crippen LogP contribution is 2.14. The van der Waals surface area contributed by atoms with Crippen molar-refractivity contribution in [2.75, 3.05) is 5.32 Å². The van der Waals surface area contributed by atoms with E-state index in [1.807, 2.05) is 24.3 Å². The predicted molar refractivity (Wildman–Crippen MR) is 98.9 cm³/mol. The van der Waals surface area contributed by atoms with Crippen molar-refractivity contribution in [3.05, 3.63) is 66.0 Å². The van der Waals surface area contributed by atoms with Gasteiger partial charge in [-0.2, -0.15) is 0 Å². The average molecular weight is 349 g/mol. The molecule has 3 aromatic rings. The highest BCUT2D eigenvalue weighted by Gasteiger charge is 2.19. The third kappa shape index (κ3) is 4.03. The van der Waals surface area contributed by atoms with Gasteiger partial charge in [0.1, 0.15) is 0 Å². The summed E-state index contributed by atoms with van der Waals surface area (Å²) >= 11 is 0. The Kier molecular flexibility index (Phi) is 5.22. The molecule has 0 aliphatic heterocycles. The third-order valence-corrected chi connectivity index (χ3v) is 3.99. The molecule has 0 radical (unpaired) electrons. The number of aryl methyl sites for hydroxylation is 1. The van der Waals surface area contributed by atoms with E-state index in [4.69, 9.17) is 4.74 Å². The number of hydrogen-bond donors (Lipinski definition) is 1. The molecule has 1 atom stereocenters. The maximum Gasteiger partial charge on any atom is 0.338 e. The molecule has 0 aliphatic carbocycles. The van der Waals surface area contributed by atoms with Gasteiger partial charge >= 0.3 is 5.97 Å². The molecule has 0 spiro atoms. The van der Waals surface area contributed by atoms with Gasteiger partial charge in [-0.15, -0.1) is 0 Å². The summed E-state index contributed by atoms with van der Waals surface area (Å²) in [6.45, 7) is 3.60. The lowest BCUT2D eigenvalue weighted by atomic mass is 10.1. The van der Waals surface area contributed by atoms with E-state index in [-0.39, 0.29) is 5.91 Å². The van der Waals surface area contributed by atoms with Crippen molar-refractivity contribution in [1.29, 1.82) is 0 Å². The number of carbonyl (C=O) groups is 2. The third-order valence-electron chi connectivity index (χ3n) is 3.99. The maximum atomic E-state index is 12.3. The Morgan fingerprint density at radius 2 is 1.73 bits per heavy atom. The Balaban J connectivity index is 1.64. The number of carbonyl (C=O) groups excluding carboxylic acids is 2. The molecular weight excluding hydrogens is 330 g/mol. The highest BCUT2D eigenvalue weighted by atomic mass is 16.5. The van der Waals surface area contributed by atoms with Crippen LogP contribution in [0.1, 0.15) is 29.8 Å². The summed E-state index contributed by atoms with van der Waals surface area (Å²) < 4.78 is 5.27. The fraction of sp³-hybridized carbons (Fsp3) is 0.200. The van der Waals surface area contributed by atoms with E-state index in [0.717, 1.165) is 6.42 Å². The molecule has 1 heterocycles. The summed E-state index contributed by atoms with van der Waals surface area (Å²) in [7, 11) is 0. The van der Waals surface area contributed by atoms with Gasteiger partial charge in [0.25, 0.3) is 5.91 Å². The zero-order valence-electron chi connectivity index (χ0n) is 14.6. The second-order valence-electron chi connectivity index (χ2n) is 5.85. The van der Waals surface area contributed by atoms with Crippen LogP contribution in [0.5, 0.6) is 0 Å². The monoisotopic (exact) mass is 349 g/mol. The van der Waals surface area contributed by atoms with Crippen molar-refractivity contribution in [1.82, 2.24) is 9.97 Å². The second kappa shape index (κ2) is 7.74. The minimum Gasteiger partial charge on any atom is -0.449 e. The van der Waals surface area contributed by atoms with E-state index in [2.05, 4.69) is 22.2 Å². The minimum atomic E-state index is -0.925. The number of rotatable bonds is 5. The lowest BCUT2D eigenvalue weighted by Gasteiger charge is -2.14. The summed E-state index contributed by atoms with van der Waals surface area (Å²) in [5.74, 6) is -0.968. The normalized spacial score (nSPS) is 11.8. The molecule has 0 saturated heterocycles. The number of nitrogens with zero attached hydrogens (tertiary/aromatic N) is 2. The molecule has 2 aromatic carbocycles. The lowest BCUT2D eigenvalue weighted by molar-refractivity contribution is -0.123. The molecule has 6 heteroatoms. The fourth-order valence-corrected chi connectivity index (χ4v) is 2.44. The number of fused-ring (bicyclic) bond motifs is 1. The summed E-state index contributed by atoms with van der Waals surface area (Å²) in [5, 5.41) is 2.74. The number of nitrogens with one attached hydrogen (secondary N) is 1. The van der Waals surface area contributed by atoms with Crippen LogP contribution in [-0.2, 0) is 16.0 Å². The van der Waals surface area contributed by atoms with Crippen LogP contribution in [0.2, 0.25) is 0 Å². The first-order chi connectivity index (χ1) is 12.6. The van der Waals surface area contributed by atoms with Gasteiger partial charge in [-0.05, 0) is 49.2 Å². The smallest absolute Gasteiger partial charge is 0.338 e. The Bertz CT molecular complexity index is 938. The fourth-order valence-electron chi connectivity index (χ4n) is 2.44. The molecule has 0 saturated carbocycles. The summed E-state index contributed by atoms with van der Waals surface area (Å²) in [4.78, 5) is 32.8. The number of esters is 1. The predicted octanol–water partition coefficient (Wildman–Crippen LogP) is 3.38. The van der Waals surface area contributed by atoms with Gasteiger partial charge in [0.2, 0.25) is 0 Å². The van der Waals surface area contributed by atoms with Crippen LogP contribution < -0.4 is 5.32 Å². The van der Waals surface area contributed by atoms with E-state index < -0.39 is 12.1 Å². The number of hydrogen-bond acceptors (Lipinski definition) is 5. The Hall–Kier alpha value is -3.28. The van der Waals surface area contributed by atoms with Crippen molar-refractivity contribution in [3.8, 4) is 0 Å². The lowest BCUT2D eigenvalue weighted by Crippen LogP contribution is -2.30. The first-order valence-electron chi connectivity index (χ1n) is 8.38. The Morgan fingerprint density at radius 3 is 2.42 bits per heavy atom. The zero-order valence-corrected chi connectivity index (χ0v) is 14.6. The van der Waals surface area contributed by atoms with Crippen LogP contribution in [0.4, 0.5) is 5.69 Å². The SMILES string of the molecule is CCc1ccc(NC(=O)[C@@H](C)OC(=O)c2ccc3nccnc3c2)cc1. The van der Waals surface area contributed by atoms with Gasteiger partial charge in [-0.1, -0.05) is 19.1 Å². The molecule has 0 aliphatic rings. The number of anilines is 1. The van der Waals surface area contributed by atoms with E-state index in [9.17, 15) is 9.59 Å². The van der Waals surface area contributed by atoms with Gasteiger partial charge in [-0.3, -0.25) is 14.8 Å². The van der Waals surface area contributed by atoms with Crippen molar-refractivity contribution in [3.63, 3.8) is 0 Å². The Labute approximate surface area is 151 Å². The van der Waals surface area contributed by atoms with Crippen LogP contribution >= 0.6 is 0 Å². The average Bonchev–Trinajstić information content (AvgIpc) is 2.68. The second-order valence-corrected chi connectivity index (χ2v) is 5.85. The van der Waals surface area contributed by atoms with Gasteiger partial charge in [0.15, 0.2) is 6.10 Å². The summed E-state index contributed by atoms with van der Waals surface area (Å²) in [6, 6.07) is 12.4. The minimum absolute atomic E-state index is 0.324. The molecule has 1 aromatic heterocycles. The molecule has 0 fully saturated rings. The van der Waals surface area contributed by atoms with Crippen LogP contribution in [0.3, 0.4) is 0 Å². The number of ether oxygens (including phenoxy) is 1. The van der Waals surface area contributed by atoms with Gasteiger partial charge < -0.3 is 10.1 Å². The topological polar surface area (TPSA) is 81.2 Å². The van der Waals surface area contributed by atoms with E-state index >= 15 is 0 Å². The van der Waals surface area contributed by atoms with Crippen molar-refractivity contribution < 1.29 is 14.3 Å². The van der Waals surface area contributed by atoms with E-state index in [1.54, 1.807) is 30.6 Å². The van der Waals surface area contributed by atoms with Gasteiger partial charge in [0, 0.05) is 18.1 Å². The highest BCUT2D eigenvalue weighted by molar-refractivity contribution is 5.98. The summed E-state index contributed by atoms with van der Waals surface area (Å²) in [6.07, 6.45) is 3.14. The van der Waals surface area contributed by atoms with Crippen LogP contribution in [0.15, 0.2) is 54.9 Å². The van der Waals surface area contributed by atoms with Crippen molar-refractivity contribution in [2.45, 2.75) is 26.4 Å². The first-order valence-corrected chi connectivity index (χ1v) is 8.38. The van der Waals surface area contributed by atoms with Gasteiger partial charge in [-0.25, -0.2) is 4.79 Å². The zero-order chi connectivity index (χ0) is 18.5. The number of aromatic nitrogens is 2. The molecule has 1 amide bonds. The first kappa shape index (κ1) is 17.5. The standard InChI is InChI=1S/C20H19N3O3/c1-3-14-4-7-16(8-5-14)23-19(24)13(2)26-20(25)15-6-9-17-18(12-15)22-11-10-21-17/h4-13H,3H2,1-2H3,(H,23,24)/t13-/m1/s1. The molecule has 26 heavy (non-hydrogen) atoms. The number of amides is 1. The molecule has 1 N–H and O–H groups in total.